The summed E-state index contributed by atoms with van der Waals surface area (Å²) < 4.78 is 0. The average molecular weight is 329 g/mol. The van der Waals surface area contributed by atoms with Crippen LogP contribution in [-0.4, -0.2) is 22.7 Å². The fraction of sp³-hybridized carbons (Fsp3) is 0.533. The molecule has 1 aromatic rings. The molecule has 0 radical (unpaired) electrons. The van der Waals surface area contributed by atoms with Gasteiger partial charge in [-0.15, -0.1) is 0 Å². The number of para-hydroxylation sites is 1. The molecule has 0 aliphatic heterocycles. The molecular formula is C15H21ClN2S2. The molecule has 0 spiro atoms. The molecule has 2 N–H and O–H groups in total. The van der Waals surface area contributed by atoms with E-state index in [0.717, 1.165) is 23.2 Å². The van der Waals surface area contributed by atoms with E-state index in [1.807, 2.05) is 24.3 Å². The smallest absolute Gasteiger partial charge is 0.170 e. The van der Waals surface area contributed by atoms with Crippen LogP contribution < -0.4 is 10.6 Å². The molecule has 20 heavy (non-hydrogen) atoms. The Balaban J connectivity index is 1.61. The third kappa shape index (κ3) is 5.51. The quantitative estimate of drug-likeness (QED) is 0.604. The van der Waals surface area contributed by atoms with E-state index in [0.29, 0.717) is 10.1 Å². The van der Waals surface area contributed by atoms with Gasteiger partial charge in [0, 0.05) is 17.5 Å². The van der Waals surface area contributed by atoms with Gasteiger partial charge in [0.2, 0.25) is 0 Å². The summed E-state index contributed by atoms with van der Waals surface area (Å²) in [5, 5.41) is 8.55. The molecule has 0 amide bonds. The Hall–Kier alpha value is -0.450. The maximum Gasteiger partial charge on any atom is 0.170 e. The Bertz CT molecular complexity index is 434. The van der Waals surface area contributed by atoms with Crippen molar-refractivity contribution in [2.75, 3.05) is 17.6 Å². The van der Waals surface area contributed by atoms with Gasteiger partial charge >= 0.3 is 0 Å². The van der Waals surface area contributed by atoms with Crippen LogP contribution in [0.4, 0.5) is 5.69 Å². The van der Waals surface area contributed by atoms with Gasteiger partial charge in [-0.1, -0.05) is 43.0 Å². The number of thiocarbonyl (C=S) groups is 1. The van der Waals surface area contributed by atoms with Crippen LogP contribution in [0, 0.1) is 0 Å². The molecule has 110 valence electrons. The molecule has 1 aliphatic carbocycles. The minimum absolute atomic E-state index is 0.641. The van der Waals surface area contributed by atoms with Crippen LogP contribution in [0.15, 0.2) is 24.3 Å². The number of rotatable bonds is 5. The van der Waals surface area contributed by atoms with Crippen LogP contribution in [-0.2, 0) is 0 Å². The van der Waals surface area contributed by atoms with E-state index in [4.69, 9.17) is 23.8 Å². The highest BCUT2D eigenvalue weighted by Crippen LogP contribution is 2.27. The van der Waals surface area contributed by atoms with Crippen molar-refractivity contribution in [2.24, 2.45) is 0 Å². The molecule has 0 saturated heterocycles. The zero-order valence-corrected chi connectivity index (χ0v) is 13.9. The van der Waals surface area contributed by atoms with Gasteiger partial charge in [0.15, 0.2) is 5.11 Å². The Morgan fingerprint density at radius 3 is 2.75 bits per heavy atom. The van der Waals surface area contributed by atoms with Crippen molar-refractivity contribution in [2.45, 2.75) is 37.4 Å². The van der Waals surface area contributed by atoms with Crippen molar-refractivity contribution in [3.8, 4) is 0 Å². The molecular weight excluding hydrogens is 308 g/mol. The van der Waals surface area contributed by atoms with E-state index in [9.17, 15) is 0 Å². The molecule has 0 aromatic heterocycles. The second-order valence-corrected chi connectivity index (χ2v) is 7.22. The first-order chi connectivity index (χ1) is 9.75. The lowest BCUT2D eigenvalue weighted by Crippen LogP contribution is -2.30. The van der Waals surface area contributed by atoms with Gasteiger partial charge in [0.25, 0.3) is 0 Å². The fourth-order valence-corrected chi connectivity index (χ4v) is 3.97. The van der Waals surface area contributed by atoms with Crippen LogP contribution in [0.1, 0.15) is 32.1 Å². The maximum atomic E-state index is 6.08. The number of hydrogen-bond acceptors (Lipinski definition) is 2. The zero-order valence-electron chi connectivity index (χ0n) is 11.5. The summed E-state index contributed by atoms with van der Waals surface area (Å²) in [7, 11) is 0. The van der Waals surface area contributed by atoms with Gasteiger partial charge in [-0.25, -0.2) is 0 Å². The molecule has 0 heterocycles. The lowest BCUT2D eigenvalue weighted by molar-refractivity contribution is 0.516. The van der Waals surface area contributed by atoms with Crippen molar-refractivity contribution in [3.05, 3.63) is 29.3 Å². The molecule has 1 aliphatic rings. The third-order valence-corrected chi connectivity index (χ3v) is 5.37. The van der Waals surface area contributed by atoms with Gasteiger partial charge in [-0.05, 0) is 37.2 Å². The standard InChI is InChI=1S/C15H21ClN2S2/c16-13-8-4-5-9-14(13)18-15(19)17-10-11-20-12-6-2-1-3-7-12/h4-5,8-9,12H,1-3,6-7,10-11H2,(H2,17,18,19). The van der Waals surface area contributed by atoms with Crippen LogP contribution >= 0.6 is 35.6 Å². The number of anilines is 1. The molecule has 0 unspecified atom stereocenters. The number of benzene rings is 1. The summed E-state index contributed by atoms with van der Waals surface area (Å²) in [5.41, 5.74) is 0.853. The summed E-state index contributed by atoms with van der Waals surface area (Å²) >= 11 is 13.4. The van der Waals surface area contributed by atoms with E-state index < -0.39 is 0 Å². The zero-order chi connectivity index (χ0) is 14.2. The predicted octanol–water partition coefficient (Wildman–Crippen LogP) is 4.69. The molecule has 5 heteroatoms. The number of halogens is 1. The van der Waals surface area contributed by atoms with Gasteiger partial charge in [0.1, 0.15) is 0 Å². The monoisotopic (exact) mass is 328 g/mol. The second-order valence-electron chi connectivity index (χ2n) is 4.99. The lowest BCUT2D eigenvalue weighted by atomic mass is 10.0. The number of hydrogen-bond donors (Lipinski definition) is 2. The highest BCUT2D eigenvalue weighted by Gasteiger charge is 2.13. The Labute approximate surface area is 136 Å². The minimum atomic E-state index is 0.641. The normalized spacial score (nSPS) is 15.8. The Morgan fingerprint density at radius 1 is 1.25 bits per heavy atom. The van der Waals surface area contributed by atoms with E-state index in [1.54, 1.807) is 0 Å². The molecule has 1 saturated carbocycles. The van der Waals surface area contributed by atoms with Crippen LogP contribution in [0.2, 0.25) is 5.02 Å². The molecule has 0 bridgehead atoms. The van der Waals surface area contributed by atoms with Crippen LogP contribution in [0.5, 0.6) is 0 Å². The van der Waals surface area contributed by atoms with Crippen molar-refractivity contribution in [1.82, 2.24) is 5.32 Å². The van der Waals surface area contributed by atoms with Crippen LogP contribution in [0.25, 0.3) is 0 Å². The highest BCUT2D eigenvalue weighted by atomic mass is 35.5. The minimum Gasteiger partial charge on any atom is -0.362 e. The number of nitrogens with one attached hydrogen (secondary N) is 2. The maximum absolute atomic E-state index is 6.08. The summed E-state index contributed by atoms with van der Waals surface area (Å²) in [4.78, 5) is 0. The Morgan fingerprint density at radius 2 is 2.00 bits per heavy atom. The molecule has 1 aromatic carbocycles. The fourth-order valence-electron chi connectivity index (χ4n) is 2.35. The molecule has 1 fully saturated rings. The van der Waals surface area contributed by atoms with Crippen LogP contribution in [0.3, 0.4) is 0 Å². The van der Waals surface area contributed by atoms with E-state index in [2.05, 4.69) is 22.4 Å². The lowest BCUT2D eigenvalue weighted by Gasteiger charge is -2.21. The second kappa shape index (κ2) is 8.75. The molecule has 0 atom stereocenters. The van der Waals surface area contributed by atoms with Crippen molar-refractivity contribution >= 4 is 46.4 Å². The van der Waals surface area contributed by atoms with Gasteiger partial charge in [-0.2, -0.15) is 11.8 Å². The Kier molecular flexibility index (Phi) is 6.97. The first-order valence-electron chi connectivity index (χ1n) is 7.16. The first kappa shape index (κ1) is 15.9. The summed E-state index contributed by atoms with van der Waals surface area (Å²) in [5.74, 6) is 1.11. The van der Waals surface area contributed by atoms with E-state index in [1.165, 1.54) is 32.1 Å². The van der Waals surface area contributed by atoms with Crippen molar-refractivity contribution in [1.29, 1.82) is 0 Å². The summed E-state index contributed by atoms with van der Waals surface area (Å²) in [6, 6.07) is 7.62. The topological polar surface area (TPSA) is 24.1 Å². The van der Waals surface area contributed by atoms with E-state index in [-0.39, 0.29) is 0 Å². The highest BCUT2D eigenvalue weighted by molar-refractivity contribution is 7.99. The summed E-state index contributed by atoms with van der Waals surface area (Å²) in [6.45, 7) is 0.900. The predicted molar refractivity (Wildman–Crippen MR) is 95.0 cm³/mol. The first-order valence-corrected chi connectivity index (χ1v) is 9.00. The van der Waals surface area contributed by atoms with Gasteiger partial charge in [-0.3, -0.25) is 0 Å². The van der Waals surface area contributed by atoms with Gasteiger partial charge < -0.3 is 10.6 Å². The van der Waals surface area contributed by atoms with Crippen molar-refractivity contribution < 1.29 is 0 Å². The summed E-state index contributed by atoms with van der Waals surface area (Å²) in [6.07, 6.45) is 6.98. The van der Waals surface area contributed by atoms with E-state index >= 15 is 0 Å². The van der Waals surface area contributed by atoms with Crippen molar-refractivity contribution in [3.63, 3.8) is 0 Å². The third-order valence-electron chi connectivity index (χ3n) is 3.42. The van der Waals surface area contributed by atoms with Gasteiger partial charge in [0.05, 0.1) is 10.7 Å². The molecule has 2 rings (SSSR count). The average Bonchev–Trinajstić information content (AvgIpc) is 2.47. The largest absolute Gasteiger partial charge is 0.362 e. The molecule has 2 nitrogen and oxygen atoms in total. The number of thioether (sulfide) groups is 1. The SMILES string of the molecule is S=C(NCCSC1CCCCC1)Nc1ccccc1Cl.